The van der Waals surface area contributed by atoms with Gasteiger partial charge in [-0.05, 0) is 14.0 Å². The normalized spacial score (nSPS) is 11.2. The van der Waals surface area contributed by atoms with E-state index < -0.39 is 0 Å². The van der Waals surface area contributed by atoms with Crippen LogP contribution in [-0.4, -0.2) is 50.4 Å². The van der Waals surface area contributed by atoms with E-state index in [1.165, 1.54) is 0 Å². The maximum absolute atomic E-state index is 5.07. The van der Waals surface area contributed by atoms with Gasteiger partial charge in [-0.3, -0.25) is 14.9 Å². The van der Waals surface area contributed by atoms with Crippen LogP contribution in [0.3, 0.4) is 0 Å². The Labute approximate surface area is 118 Å². The molecule has 2 heterocycles. The minimum atomic E-state index is 0.651. The summed E-state index contributed by atoms with van der Waals surface area (Å²) in [5, 5.41) is 8.09. The van der Waals surface area contributed by atoms with Gasteiger partial charge in [0.05, 0.1) is 24.5 Å². The molecule has 0 aliphatic rings. The van der Waals surface area contributed by atoms with Crippen molar-refractivity contribution in [2.24, 2.45) is 0 Å². The summed E-state index contributed by atoms with van der Waals surface area (Å²) in [4.78, 5) is 10.7. The third kappa shape index (κ3) is 4.07. The van der Waals surface area contributed by atoms with Crippen molar-refractivity contribution >= 4 is 0 Å². The Morgan fingerprint density at radius 3 is 2.80 bits per heavy atom. The smallest absolute Gasteiger partial charge is 0.147 e. The molecule has 0 unspecified atom stereocenters. The first kappa shape index (κ1) is 14.5. The molecule has 7 nitrogen and oxygen atoms in total. The highest BCUT2D eigenvalue weighted by Gasteiger charge is 2.09. The lowest BCUT2D eigenvalue weighted by molar-refractivity contribution is 0.184. The predicted molar refractivity (Wildman–Crippen MR) is 73.8 cm³/mol. The number of aryl methyl sites for hydroxylation is 1. The SMILES string of the molecule is COCCn1cnnc1CN(C)Cc1cnc(C)cn1. The Morgan fingerprint density at radius 2 is 2.10 bits per heavy atom. The largest absolute Gasteiger partial charge is 0.383 e. The first-order chi connectivity index (χ1) is 9.69. The predicted octanol–water partition coefficient (Wildman–Crippen LogP) is 0.655. The summed E-state index contributed by atoms with van der Waals surface area (Å²) in [7, 11) is 3.71. The van der Waals surface area contributed by atoms with Crippen LogP contribution in [0.1, 0.15) is 17.2 Å². The van der Waals surface area contributed by atoms with Crippen molar-refractivity contribution in [1.82, 2.24) is 29.6 Å². The third-order valence-electron chi connectivity index (χ3n) is 2.91. The molecule has 0 saturated heterocycles. The minimum absolute atomic E-state index is 0.651. The van der Waals surface area contributed by atoms with Crippen LogP contribution in [0.5, 0.6) is 0 Å². The highest BCUT2D eigenvalue weighted by Crippen LogP contribution is 2.04. The van der Waals surface area contributed by atoms with Crippen molar-refractivity contribution in [2.45, 2.75) is 26.6 Å². The van der Waals surface area contributed by atoms with Gasteiger partial charge in [0.1, 0.15) is 12.2 Å². The molecule has 0 amide bonds. The molecule has 0 N–H and O–H groups in total. The van der Waals surface area contributed by atoms with E-state index >= 15 is 0 Å². The summed E-state index contributed by atoms with van der Waals surface area (Å²) < 4.78 is 7.07. The van der Waals surface area contributed by atoms with E-state index in [1.54, 1.807) is 19.6 Å². The molecular formula is C13H20N6O. The molecule has 0 saturated carbocycles. The maximum Gasteiger partial charge on any atom is 0.147 e. The number of nitrogens with zero attached hydrogens (tertiary/aromatic N) is 6. The first-order valence-electron chi connectivity index (χ1n) is 6.50. The number of ether oxygens (including phenoxy) is 1. The van der Waals surface area contributed by atoms with E-state index in [2.05, 4.69) is 25.1 Å². The number of rotatable bonds is 7. The molecule has 0 atom stereocenters. The fourth-order valence-corrected chi connectivity index (χ4v) is 1.85. The maximum atomic E-state index is 5.07. The van der Waals surface area contributed by atoms with E-state index in [1.807, 2.05) is 24.7 Å². The highest BCUT2D eigenvalue weighted by atomic mass is 16.5. The van der Waals surface area contributed by atoms with Crippen LogP contribution in [0.2, 0.25) is 0 Å². The quantitative estimate of drug-likeness (QED) is 0.740. The summed E-state index contributed by atoms with van der Waals surface area (Å²) in [6.45, 7) is 4.78. The Balaban J connectivity index is 1.92. The fraction of sp³-hybridized carbons (Fsp3) is 0.538. The van der Waals surface area contributed by atoms with Gasteiger partial charge in [-0.25, -0.2) is 0 Å². The lowest BCUT2D eigenvalue weighted by Crippen LogP contribution is -2.21. The summed E-state index contributed by atoms with van der Waals surface area (Å²) in [5.41, 5.74) is 1.87. The molecule has 0 spiro atoms. The third-order valence-corrected chi connectivity index (χ3v) is 2.91. The van der Waals surface area contributed by atoms with E-state index in [9.17, 15) is 0 Å². The molecule has 108 valence electrons. The van der Waals surface area contributed by atoms with Gasteiger partial charge in [-0.2, -0.15) is 0 Å². The van der Waals surface area contributed by atoms with Crippen LogP contribution >= 0.6 is 0 Å². The van der Waals surface area contributed by atoms with E-state index in [-0.39, 0.29) is 0 Å². The van der Waals surface area contributed by atoms with Crippen molar-refractivity contribution in [3.05, 3.63) is 35.9 Å². The number of hydrogen-bond acceptors (Lipinski definition) is 6. The average Bonchev–Trinajstić information content (AvgIpc) is 2.86. The topological polar surface area (TPSA) is 69.0 Å². The Bertz CT molecular complexity index is 524. The van der Waals surface area contributed by atoms with Gasteiger partial charge in [0.2, 0.25) is 0 Å². The molecule has 2 rings (SSSR count). The zero-order chi connectivity index (χ0) is 14.4. The van der Waals surface area contributed by atoms with Gasteiger partial charge in [0.15, 0.2) is 0 Å². The summed E-state index contributed by atoms with van der Waals surface area (Å²) >= 11 is 0. The first-order valence-corrected chi connectivity index (χ1v) is 6.50. The monoisotopic (exact) mass is 276 g/mol. The highest BCUT2D eigenvalue weighted by molar-refractivity contribution is 5.00. The van der Waals surface area contributed by atoms with Crippen LogP contribution in [0.4, 0.5) is 0 Å². The Hall–Kier alpha value is -1.86. The second kappa shape index (κ2) is 7.06. The fourth-order valence-electron chi connectivity index (χ4n) is 1.85. The van der Waals surface area contributed by atoms with E-state index in [0.717, 1.165) is 30.3 Å². The molecule has 0 aliphatic carbocycles. The van der Waals surface area contributed by atoms with Crippen molar-refractivity contribution < 1.29 is 4.74 Å². The molecule has 2 aromatic rings. The van der Waals surface area contributed by atoms with Crippen LogP contribution in [0, 0.1) is 6.92 Å². The summed E-state index contributed by atoms with van der Waals surface area (Å²) in [5.74, 6) is 0.921. The molecule has 0 radical (unpaired) electrons. The molecule has 0 aromatic carbocycles. The number of hydrogen-bond donors (Lipinski definition) is 0. The van der Waals surface area contributed by atoms with Crippen LogP contribution in [0.15, 0.2) is 18.7 Å². The lowest BCUT2D eigenvalue weighted by atomic mass is 10.4. The van der Waals surface area contributed by atoms with Gasteiger partial charge in [0, 0.05) is 32.6 Å². The average molecular weight is 276 g/mol. The van der Waals surface area contributed by atoms with Crippen molar-refractivity contribution in [3.8, 4) is 0 Å². The summed E-state index contributed by atoms with van der Waals surface area (Å²) in [6.07, 6.45) is 5.32. The number of aromatic nitrogens is 5. The van der Waals surface area contributed by atoms with Crippen molar-refractivity contribution in [2.75, 3.05) is 20.8 Å². The van der Waals surface area contributed by atoms with E-state index in [4.69, 9.17) is 4.74 Å². The Morgan fingerprint density at radius 1 is 1.25 bits per heavy atom. The van der Waals surface area contributed by atoms with Gasteiger partial charge >= 0.3 is 0 Å². The minimum Gasteiger partial charge on any atom is -0.383 e. The second-order valence-corrected chi connectivity index (χ2v) is 4.75. The van der Waals surface area contributed by atoms with Gasteiger partial charge in [-0.1, -0.05) is 0 Å². The zero-order valence-corrected chi connectivity index (χ0v) is 12.2. The van der Waals surface area contributed by atoms with Gasteiger partial charge in [-0.15, -0.1) is 10.2 Å². The molecular weight excluding hydrogens is 256 g/mol. The molecule has 2 aromatic heterocycles. The standard InChI is InChI=1S/C13H20N6O/c1-11-6-15-12(7-14-11)8-18(2)9-13-17-16-10-19(13)4-5-20-3/h6-7,10H,4-5,8-9H2,1-3H3. The molecule has 20 heavy (non-hydrogen) atoms. The van der Waals surface area contributed by atoms with Crippen LogP contribution < -0.4 is 0 Å². The molecule has 0 aliphatic heterocycles. The molecule has 0 bridgehead atoms. The van der Waals surface area contributed by atoms with Crippen molar-refractivity contribution in [1.29, 1.82) is 0 Å². The van der Waals surface area contributed by atoms with Gasteiger partial charge < -0.3 is 9.30 Å². The van der Waals surface area contributed by atoms with Crippen molar-refractivity contribution in [3.63, 3.8) is 0 Å². The summed E-state index contributed by atoms with van der Waals surface area (Å²) in [6, 6.07) is 0. The van der Waals surface area contributed by atoms with Crippen LogP contribution in [0.25, 0.3) is 0 Å². The van der Waals surface area contributed by atoms with Gasteiger partial charge in [0.25, 0.3) is 0 Å². The van der Waals surface area contributed by atoms with E-state index in [0.29, 0.717) is 13.2 Å². The lowest BCUT2D eigenvalue weighted by Gasteiger charge is -2.16. The second-order valence-electron chi connectivity index (χ2n) is 4.75. The Kier molecular flexibility index (Phi) is 5.14. The molecule has 7 heteroatoms. The number of methoxy groups -OCH3 is 1. The van der Waals surface area contributed by atoms with Crippen LogP contribution in [-0.2, 0) is 24.4 Å². The molecule has 0 fully saturated rings. The zero-order valence-electron chi connectivity index (χ0n) is 12.2.